The van der Waals surface area contributed by atoms with Crippen LogP contribution in [0.4, 0.5) is 0 Å². The SMILES string of the molecule is CCc1ccc(C(=O)NCc2nc3ccccc3n2C)cc1. The van der Waals surface area contributed by atoms with E-state index >= 15 is 0 Å². The fourth-order valence-electron chi connectivity index (χ4n) is 2.51. The summed E-state index contributed by atoms with van der Waals surface area (Å²) in [6.07, 6.45) is 0.974. The quantitative estimate of drug-likeness (QED) is 0.803. The molecule has 1 N–H and O–H groups in total. The predicted octanol–water partition coefficient (Wildman–Crippen LogP) is 3.07. The van der Waals surface area contributed by atoms with Crippen LogP contribution >= 0.6 is 0 Å². The van der Waals surface area contributed by atoms with Gasteiger partial charge in [0.05, 0.1) is 17.6 Å². The number of imidazole rings is 1. The standard InChI is InChI=1S/C18H19N3O/c1-3-13-8-10-14(11-9-13)18(22)19-12-17-20-15-6-4-5-7-16(15)21(17)2/h4-11H,3,12H2,1-2H3,(H,19,22). The van der Waals surface area contributed by atoms with Gasteiger partial charge in [-0.05, 0) is 36.2 Å². The highest BCUT2D eigenvalue weighted by Crippen LogP contribution is 2.14. The Morgan fingerprint density at radius 2 is 1.86 bits per heavy atom. The van der Waals surface area contributed by atoms with Crippen LogP contribution in [0.5, 0.6) is 0 Å². The number of rotatable bonds is 4. The van der Waals surface area contributed by atoms with Crippen LogP contribution in [0.1, 0.15) is 28.7 Å². The molecule has 3 rings (SSSR count). The van der Waals surface area contributed by atoms with E-state index in [4.69, 9.17) is 0 Å². The largest absolute Gasteiger partial charge is 0.345 e. The second-order valence-corrected chi connectivity index (χ2v) is 5.31. The minimum absolute atomic E-state index is 0.0743. The zero-order chi connectivity index (χ0) is 15.5. The summed E-state index contributed by atoms with van der Waals surface area (Å²) in [4.78, 5) is 16.7. The summed E-state index contributed by atoms with van der Waals surface area (Å²) in [7, 11) is 1.97. The summed E-state index contributed by atoms with van der Waals surface area (Å²) in [5.41, 5.74) is 3.92. The number of carbonyl (C=O) groups excluding carboxylic acids is 1. The van der Waals surface area contributed by atoms with Crippen molar-refractivity contribution in [2.75, 3.05) is 0 Å². The van der Waals surface area contributed by atoms with Crippen molar-refractivity contribution in [2.45, 2.75) is 19.9 Å². The lowest BCUT2D eigenvalue weighted by Crippen LogP contribution is -2.24. The van der Waals surface area contributed by atoms with Crippen molar-refractivity contribution in [3.63, 3.8) is 0 Å². The number of hydrogen-bond donors (Lipinski definition) is 1. The molecule has 0 aliphatic heterocycles. The van der Waals surface area contributed by atoms with Gasteiger partial charge in [-0.15, -0.1) is 0 Å². The van der Waals surface area contributed by atoms with Gasteiger partial charge in [-0.3, -0.25) is 4.79 Å². The molecule has 0 fully saturated rings. The minimum Gasteiger partial charge on any atom is -0.345 e. The third kappa shape index (κ3) is 2.72. The highest BCUT2D eigenvalue weighted by molar-refractivity contribution is 5.94. The van der Waals surface area contributed by atoms with Gasteiger partial charge in [0.25, 0.3) is 5.91 Å². The maximum atomic E-state index is 12.2. The fraction of sp³-hybridized carbons (Fsp3) is 0.222. The minimum atomic E-state index is -0.0743. The van der Waals surface area contributed by atoms with Crippen LogP contribution in [0.3, 0.4) is 0 Å². The van der Waals surface area contributed by atoms with Crippen molar-refractivity contribution < 1.29 is 4.79 Å². The molecule has 1 heterocycles. The Labute approximate surface area is 129 Å². The lowest BCUT2D eigenvalue weighted by atomic mass is 10.1. The second kappa shape index (κ2) is 6.02. The molecule has 0 spiro atoms. The number of nitrogens with one attached hydrogen (secondary N) is 1. The average molecular weight is 293 g/mol. The molecule has 112 valence electrons. The Morgan fingerprint density at radius 1 is 1.14 bits per heavy atom. The lowest BCUT2D eigenvalue weighted by Gasteiger charge is -2.06. The first-order valence-electron chi connectivity index (χ1n) is 7.46. The van der Waals surface area contributed by atoms with Crippen molar-refractivity contribution in [1.82, 2.24) is 14.9 Å². The first-order valence-corrected chi connectivity index (χ1v) is 7.46. The average Bonchev–Trinajstić information content (AvgIpc) is 2.89. The molecule has 4 nitrogen and oxygen atoms in total. The van der Waals surface area contributed by atoms with Crippen LogP contribution < -0.4 is 5.32 Å². The number of aryl methyl sites for hydroxylation is 2. The summed E-state index contributed by atoms with van der Waals surface area (Å²) < 4.78 is 2.01. The molecule has 0 aliphatic carbocycles. The van der Waals surface area contributed by atoms with E-state index in [0.29, 0.717) is 12.1 Å². The van der Waals surface area contributed by atoms with Crippen molar-refractivity contribution in [2.24, 2.45) is 7.05 Å². The van der Waals surface area contributed by atoms with Gasteiger partial charge in [0.2, 0.25) is 0 Å². The van der Waals surface area contributed by atoms with Crippen molar-refractivity contribution in [3.8, 4) is 0 Å². The third-order valence-electron chi connectivity index (χ3n) is 3.91. The summed E-state index contributed by atoms with van der Waals surface area (Å²) in [6.45, 7) is 2.51. The van der Waals surface area contributed by atoms with Crippen LogP contribution in [0.25, 0.3) is 11.0 Å². The van der Waals surface area contributed by atoms with E-state index in [2.05, 4.69) is 17.2 Å². The van der Waals surface area contributed by atoms with Crippen LogP contribution in [-0.4, -0.2) is 15.5 Å². The molecular formula is C18H19N3O. The number of benzene rings is 2. The predicted molar refractivity (Wildman–Crippen MR) is 87.7 cm³/mol. The van der Waals surface area contributed by atoms with Gasteiger partial charge in [0, 0.05) is 12.6 Å². The molecule has 0 atom stereocenters. The van der Waals surface area contributed by atoms with Crippen molar-refractivity contribution >= 4 is 16.9 Å². The molecule has 1 amide bonds. The molecule has 4 heteroatoms. The number of carbonyl (C=O) groups is 1. The number of nitrogens with zero attached hydrogens (tertiary/aromatic N) is 2. The topological polar surface area (TPSA) is 46.9 Å². The van der Waals surface area contributed by atoms with Crippen molar-refractivity contribution in [3.05, 3.63) is 65.5 Å². The van der Waals surface area contributed by atoms with E-state index < -0.39 is 0 Å². The van der Waals surface area contributed by atoms with E-state index in [0.717, 1.165) is 23.3 Å². The molecule has 0 saturated heterocycles. The van der Waals surface area contributed by atoms with Gasteiger partial charge in [0.1, 0.15) is 5.82 Å². The van der Waals surface area contributed by atoms with Crippen molar-refractivity contribution in [1.29, 1.82) is 0 Å². The Hall–Kier alpha value is -2.62. The number of aromatic nitrogens is 2. The van der Waals surface area contributed by atoms with Gasteiger partial charge >= 0.3 is 0 Å². The molecule has 2 aromatic carbocycles. The molecule has 0 saturated carbocycles. The molecule has 0 aliphatic rings. The maximum Gasteiger partial charge on any atom is 0.251 e. The number of amides is 1. The first-order chi connectivity index (χ1) is 10.7. The smallest absolute Gasteiger partial charge is 0.251 e. The zero-order valence-corrected chi connectivity index (χ0v) is 12.8. The molecular weight excluding hydrogens is 274 g/mol. The Kier molecular flexibility index (Phi) is 3.92. The van der Waals surface area contributed by atoms with Crippen LogP contribution in [0.15, 0.2) is 48.5 Å². The van der Waals surface area contributed by atoms with E-state index in [1.165, 1.54) is 5.56 Å². The molecule has 22 heavy (non-hydrogen) atoms. The Morgan fingerprint density at radius 3 is 2.55 bits per heavy atom. The number of para-hydroxylation sites is 2. The third-order valence-corrected chi connectivity index (χ3v) is 3.91. The van der Waals surface area contributed by atoms with Crippen LogP contribution in [0.2, 0.25) is 0 Å². The van der Waals surface area contributed by atoms with E-state index in [1.807, 2.05) is 60.1 Å². The lowest BCUT2D eigenvalue weighted by molar-refractivity contribution is 0.0949. The highest BCUT2D eigenvalue weighted by Gasteiger charge is 2.09. The monoisotopic (exact) mass is 293 g/mol. The van der Waals surface area contributed by atoms with Crippen LogP contribution in [0, 0.1) is 0 Å². The Balaban J connectivity index is 1.72. The summed E-state index contributed by atoms with van der Waals surface area (Å²) in [5.74, 6) is 0.773. The van der Waals surface area contributed by atoms with Gasteiger partial charge in [-0.25, -0.2) is 4.98 Å². The normalized spacial score (nSPS) is 10.8. The van der Waals surface area contributed by atoms with E-state index in [9.17, 15) is 4.79 Å². The van der Waals surface area contributed by atoms with Gasteiger partial charge in [-0.1, -0.05) is 31.2 Å². The van der Waals surface area contributed by atoms with E-state index in [1.54, 1.807) is 0 Å². The molecule has 0 unspecified atom stereocenters. The number of fused-ring (bicyclic) bond motifs is 1. The molecule has 0 bridgehead atoms. The zero-order valence-electron chi connectivity index (χ0n) is 12.8. The first kappa shape index (κ1) is 14.3. The Bertz CT molecular complexity index is 803. The maximum absolute atomic E-state index is 12.2. The summed E-state index contributed by atoms with van der Waals surface area (Å²) in [5, 5.41) is 2.93. The van der Waals surface area contributed by atoms with Crippen LogP contribution in [-0.2, 0) is 20.0 Å². The molecule has 0 radical (unpaired) electrons. The van der Waals surface area contributed by atoms with Gasteiger partial charge in [-0.2, -0.15) is 0 Å². The second-order valence-electron chi connectivity index (χ2n) is 5.31. The van der Waals surface area contributed by atoms with Gasteiger partial charge in [0.15, 0.2) is 0 Å². The number of hydrogen-bond acceptors (Lipinski definition) is 2. The fourth-order valence-corrected chi connectivity index (χ4v) is 2.51. The van der Waals surface area contributed by atoms with Gasteiger partial charge < -0.3 is 9.88 Å². The molecule has 3 aromatic rings. The van der Waals surface area contributed by atoms with E-state index in [-0.39, 0.29) is 5.91 Å². The summed E-state index contributed by atoms with van der Waals surface area (Å²) in [6, 6.07) is 15.7. The highest BCUT2D eigenvalue weighted by atomic mass is 16.1. The molecule has 1 aromatic heterocycles. The summed E-state index contributed by atoms with van der Waals surface area (Å²) >= 11 is 0.